The standard InChI is InChI=1S/C23H36N2O/c1-2-3-4-5-6-7-8-17-22(26)25-23-18-13-9-11-15-20(18)24-21-16-12-10-14-19(21)23/h9,11,20,24H,2-8,10,12-17H2,1H3,(H,25,26). The van der Waals surface area contributed by atoms with Crippen molar-refractivity contribution in [3.63, 3.8) is 0 Å². The number of carbonyl (C=O) groups excluding carboxylic acids is 1. The molecule has 0 radical (unpaired) electrons. The fourth-order valence-electron chi connectivity index (χ4n) is 4.49. The molecule has 0 aromatic heterocycles. The van der Waals surface area contributed by atoms with E-state index in [1.807, 2.05) is 0 Å². The van der Waals surface area contributed by atoms with Gasteiger partial charge in [0, 0.05) is 17.8 Å². The van der Waals surface area contributed by atoms with E-state index in [9.17, 15) is 4.79 Å². The number of allylic oxidation sites excluding steroid dienone is 3. The molecule has 1 unspecified atom stereocenters. The molecule has 0 spiro atoms. The molecule has 2 aliphatic carbocycles. The minimum atomic E-state index is 0.216. The highest BCUT2D eigenvalue weighted by molar-refractivity contribution is 5.79. The van der Waals surface area contributed by atoms with Gasteiger partial charge >= 0.3 is 0 Å². The minimum Gasteiger partial charge on any atom is -0.381 e. The molecule has 26 heavy (non-hydrogen) atoms. The number of carbonyl (C=O) groups is 1. The van der Waals surface area contributed by atoms with Crippen LogP contribution in [0.3, 0.4) is 0 Å². The Morgan fingerprint density at radius 1 is 1.08 bits per heavy atom. The van der Waals surface area contributed by atoms with Crippen LogP contribution in [0.1, 0.15) is 96.8 Å². The van der Waals surface area contributed by atoms with Crippen LogP contribution < -0.4 is 10.6 Å². The summed E-state index contributed by atoms with van der Waals surface area (Å²) in [7, 11) is 0. The second kappa shape index (κ2) is 9.99. The van der Waals surface area contributed by atoms with Crippen molar-refractivity contribution in [2.45, 2.75) is 103 Å². The Labute approximate surface area is 159 Å². The zero-order valence-electron chi connectivity index (χ0n) is 16.5. The average molecular weight is 357 g/mol. The third-order valence-corrected chi connectivity index (χ3v) is 6.01. The van der Waals surface area contributed by atoms with Gasteiger partial charge in [-0.15, -0.1) is 0 Å². The summed E-state index contributed by atoms with van der Waals surface area (Å²) in [4.78, 5) is 12.6. The summed E-state index contributed by atoms with van der Waals surface area (Å²) in [6, 6.07) is 0.394. The predicted molar refractivity (Wildman–Crippen MR) is 109 cm³/mol. The number of rotatable bonds is 9. The molecule has 1 aliphatic heterocycles. The maximum absolute atomic E-state index is 12.6. The highest BCUT2D eigenvalue weighted by Crippen LogP contribution is 2.37. The first-order chi connectivity index (χ1) is 12.8. The fourth-order valence-corrected chi connectivity index (χ4v) is 4.49. The molecule has 0 bridgehead atoms. The largest absolute Gasteiger partial charge is 0.381 e. The third kappa shape index (κ3) is 5.02. The lowest BCUT2D eigenvalue weighted by atomic mass is 9.82. The first kappa shape index (κ1) is 19.3. The van der Waals surface area contributed by atoms with Gasteiger partial charge < -0.3 is 10.6 Å². The van der Waals surface area contributed by atoms with E-state index in [0.717, 1.165) is 32.1 Å². The Morgan fingerprint density at radius 3 is 2.69 bits per heavy atom. The summed E-state index contributed by atoms with van der Waals surface area (Å²) < 4.78 is 0. The van der Waals surface area contributed by atoms with E-state index in [2.05, 4.69) is 29.7 Å². The second-order valence-electron chi connectivity index (χ2n) is 8.09. The Balaban J connectivity index is 1.54. The van der Waals surface area contributed by atoms with Crippen molar-refractivity contribution >= 4 is 5.91 Å². The smallest absolute Gasteiger partial charge is 0.224 e. The van der Waals surface area contributed by atoms with Crippen LogP contribution >= 0.6 is 0 Å². The van der Waals surface area contributed by atoms with Crippen molar-refractivity contribution in [3.05, 3.63) is 34.7 Å². The molecule has 0 saturated carbocycles. The summed E-state index contributed by atoms with van der Waals surface area (Å²) in [5.74, 6) is 0.216. The van der Waals surface area contributed by atoms with Gasteiger partial charge in [-0.2, -0.15) is 0 Å². The van der Waals surface area contributed by atoms with E-state index >= 15 is 0 Å². The fraction of sp³-hybridized carbons (Fsp3) is 0.696. The molecule has 1 heterocycles. The van der Waals surface area contributed by atoms with Gasteiger partial charge in [-0.05, 0) is 56.1 Å². The van der Waals surface area contributed by atoms with E-state index in [-0.39, 0.29) is 5.91 Å². The van der Waals surface area contributed by atoms with Crippen LogP contribution in [0.15, 0.2) is 34.7 Å². The molecule has 1 amide bonds. The van der Waals surface area contributed by atoms with Gasteiger partial charge in [0.05, 0.1) is 6.04 Å². The van der Waals surface area contributed by atoms with Gasteiger partial charge in [0.15, 0.2) is 0 Å². The zero-order valence-corrected chi connectivity index (χ0v) is 16.5. The second-order valence-corrected chi connectivity index (χ2v) is 8.09. The van der Waals surface area contributed by atoms with E-state index < -0.39 is 0 Å². The molecular formula is C23H36N2O. The Bertz CT molecular complexity index is 585. The highest BCUT2D eigenvalue weighted by atomic mass is 16.1. The number of unbranched alkanes of at least 4 members (excludes halogenated alkanes) is 6. The monoisotopic (exact) mass is 356 g/mol. The van der Waals surface area contributed by atoms with Crippen molar-refractivity contribution in [1.82, 2.24) is 10.6 Å². The van der Waals surface area contributed by atoms with Crippen LogP contribution in [0.4, 0.5) is 0 Å². The van der Waals surface area contributed by atoms with Gasteiger partial charge in [-0.3, -0.25) is 4.79 Å². The van der Waals surface area contributed by atoms with Crippen molar-refractivity contribution < 1.29 is 4.79 Å². The van der Waals surface area contributed by atoms with Crippen LogP contribution in [0.5, 0.6) is 0 Å². The lowest BCUT2D eigenvalue weighted by molar-refractivity contribution is -0.120. The normalized spacial score (nSPS) is 22.0. The lowest BCUT2D eigenvalue weighted by Crippen LogP contribution is -2.41. The number of amides is 1. The Hall–Kier alpha value is -1.51. The SMILES string of the molecule is CCCCCCCCCC(=O)NC1=C2CC=CCC2NC2=C1CCCC2. The van der Waals surface area contributed by atoms with E-state index in [0.29, 0.717) is 12.5 Å². The van der Waals surface area contributed by atoms with E-state index in [1.54, 1.807) is 0 Å². The number of hydrogen-bond donors (Lipinski definition) is 2. The molecule has 3 aliphatic rings. The molecule has 0 aromatic carbocycles. The molecule has 0 saturated heterocycles. The first-order valence-electron chi connectivity index (χ1n) is 11.0. The highest BCUT2D eigenvalue weighted by Gasteiger charge is 2.30. The summed E-state index contributed by atoms with van der Waals surface area (Å²) in [6.07, 6.45) is 20.7. The van der Waals surface area contributed by atoms with Gasteiger partial charge in [-0.25, -0.2) is 0 Å². The summed E-state index contributed by atoms with van der Waals surface area (Å²) in [6.45, 7) is 2.25. The maximum Gasteiger partial charge on any atom is 0.224 e. The van der Waals surface area contributed by atoms with Crippen molar-refractivity contribution in [1.29, 1.82) is 0 Å². The van der Waals surface area contributed by atoms with Crippen LogP contribution in [0.25, 0.3) is 0 Å². The number of dihydropyridines is 1. The van der Waals surface area contributed by atoms with Crippen LogP contribution in [0.2, 0.25) is 0 Å². The molecule has 0 aromatic rings. The third-order valence-electron chi connectivity index (χ3n) is 6.01. The molecule has 3 heteroatoms. The van der Waals surface area contributed by atoms with Crippen LogP contribution in [0, 0.1) is 0 Å². The molecule has 1 atom stereocenters. The lowest BCUT2D eigenvalue weighted by Gasteiger charge is -2.37. The zero-order chi connectivity index (χ0) is 18.2. The predicted octanol–water partition coefficient (Wildman–Crippen LogP) is 5.65. The van der Waals surface area contributed by atoms with Gasteiger partial charge in [0.25, 0.3) is 0 Å². The number of nitrogens with one attached hydrogen (secondary N) is 2. The van der Waals surface area contributed by atoms with Crippen LogP contribution in [-0.2, 0) is 4.79 Å². The van der Waals surface area contributed by atoms with Gasteiger partial charge in [0.1, 0.15) is 0 Å². The van der Waals surface area contributed by atoms with Gasteiger partial charge in [-0.1, -0.05) is 57.6 Å². The molecule has 3 rings (SSSR count). The van der Waals surface area contributed by atoms with E-state index in [4.69, 9.17) is 0 Å². The van der Waals surface area contributed by atoms with Crippen molar-refractivity contribution in [2.24, 2.45) is 0 Å². The minimum absolute atomic E-state index is 0.216. The number of fused-ring (bicyclic) bond motifs is 1. The van der Waals surface area contributed by atoms with Crippen LogP contribution in [-0.4, -0.2) is 11.9 Å². The molecule has 144 valence electrons. The Kier molecular flexibility index (Phi) is 7.40. The maximum atomic E-state index is 12.6. The first-order valence-corrected chi connectivity index (χ1v) is 11.0. The number of hydrogen-bond acceptors (Lipinski definition) is 2. The molecule has 0 fully saturated rings. The Morgan fingerprint density at radius 2 is 1.85 bits per heavy atom. The van der Waals surface area contributed by atoms with Crippen molar-refractivity contribution in [3.8, 4) is 0 Å². The quantitative estimate of drug-likeness (QED) is 0.414. The topological polar surface area (TPSA) is 41.1 Å². The van der Waals surface area contributed by atoms with Crippen molar-refractivity contribution in [2.75, 3.05) is 0 Å². The molecule has 2 N–H and O–H groups in total. The molecular weight excluding hydrogens is 320 g/mol. The summed E-state index contributed by atoms with van der Waals surface area (Å²) in [5, 5.41) is 7.09. The summed E-state index contributed by atoms with van der Waals surface area (Å²) in [5.41, 5.74) is 5.37. The summed E-state index contributed by atoms with van der Waals surface area (Å²) >= 11 is 0. The van der Waals surface area contributed by atoms with Gasteiger partial charge in [0.2, 0.25) is 5.91 Å². The van der Waals surface area contributed by atoms with E-state index in [1.165, 1.54) is 73.9 Å². The average Bonchev–Trinajstić information content (AvgIpc) is 2.67. The molecule has 3 nitrogen and oxygen atoms in total.